The van der Waals surface area contributed by atoms with Crippen LogP contribution in [0.4, 0.5) is 0 Å². The molecule has 0 saturated carbocycles. The van der Waals surface area contributed by atoms with E-state index >= 15 is 0 Å². The lowest BCUT2D eigenvalue weighted by Gasteiger charge is -2.37. The van der Waals surface area contributed by atoms with E-state index in [4.69, 9.17) is 11.6 Å². The fourth-order valence-electron chi connectivity index (χ4n) is 3.23. The number of aromatic nitrogens is 4. The van der Waals surface area contributed by atoms with Crippen molar-refractivity contribution in [3.05, 3.63) is 63.8 Å². The van der Waals surface area contributed by atoms with E-state index in [0.717, 1.165) is 5.56 Å². The minimum Gasteiger partial charge on any atom is -0.331 e. The number of nitrogens with zero attached hydrogens (tertiary/aromatic N) is 5. The van der Waals surface area contributed by atoms with Gasteiger partial charge in [-0.25, -0.2) is 9.20 Å². The third-order valence-corrected chi connectivity index (χ3v) is 4.88. The van der Waals surface area contributed by atoms with Gasteiger partial charge in [-0.05, 0) is 17.7 Å². The van der Waals surface area contributed by atoms with E-state index in [1.165, 1.54) is 21.7 Å². The molecule has 1 atom stereocenters. The van der Waals surface area contributed by atoms with Crippen molar-refractivity contribution in [1.82, 2.24) is 29.6 Å². The molecule has 0 bridgehead atoms. The highest BCUT2D eigenvalue weighted by Crippen LogP contribution is 2.28. The van der Waals surface area contributed by atoms with Gasteiger partial charge in [0, 0.05) is 24.7 Å². The zero-order chi connectivity index (χ0) is 18.1. The number of halogens is 1. The fourth-order valence-corrected chi connectivity index (χ4v) is 3.49. The molecular weight excluding hydrogens is 356 g/mol. The zero-order valence-electron chi connectivity index (χ0n) is 13.9. The predicted octanol–water partition coefficient (Wildman–Crippen LogP) is 0.718. The number of benzene rings is 1. The van der Waals surface area contributed by atoms with Crippen molar-refractivity contribution in [1.29, 1.82) is 0 Å². The molecule has 1 unspecified atom stereocenters. The molecule has 1 fully saturated rings. The number of hydrogen-bond acceptors (Lipinski definition) is 5. The van der Waals surface area contributed by atoms with Crippen LogP contribution in [0.3, 0.4) is 0 Å². The Morgan fingerprint density at radius 3 is 2.96 bits per heavy atom. The highest BCUT2D eigenvalue weighted by molar-refractivity contribution is 6.31. The van der Waals surface area contributed by atoms with E-state index in [9.17, 15) is 9.59 Å². The van der Waals surface area contributed by atoms with E-state index in [-0.39, 0.29) is 24.1 Å². The van der Waals surface area contributed by atoms with E-state index in [2.05, 4.69) is 15.5 Å². The summed E-state index contributed by atoms with van der Waals surface area (Å²) in [6.07, 6.45) is 2.95. The van der Waals surface area contributed by atoms with Gasteiger partial charge in [0.25, 0.3) is 5.56 Å². The van der Waals surface area contributed by atoms with Crippen molar-refractivity contribution in [2.45, 2.75) is 12.6 Å². The summed E-state index contributed by atoms with van der Waals surface area (Å²) in [6, 6.07) is 8.91. The van der Waals surface area contributed by atoms with Gasteiger partial charge in [-0.3, -0.25) is 9.59 Å². The molecule has 1 saturated heterocycles. The van der Waals surface area contributed by atoms with Crippen LogP contribution < -0.4 is 10.9 Å². The number of carbonyl (C=O) groups is 1. The Morgan fingerprint density at radius 1 is 1.27 bits per heavy atom. The third kappa shape index (κ3) is 2.97. The van der Waals surface area contributed by atoms with Crippen LogP contribution in [0.25, 0.3) is 5.52 Å². The van der Waals surface area contributed by atoms with Crippen LogP contribution in [0.1, 0.15) is 11.6 Å². The molecule has 134 valence electrons. The van der Waals surface area contributed by atoms with Gasteiger partial charge >= 0.3 is 0 Å². The Labute approximate surface area is 154 Å². The molecule has 1 amide bonds. The van der Waals surface area contributed by atoms with Crippen molar-refractivity contribution in [2.75, 3.05) is 19.6 Å². The molecule has 1 aromatic carbocycles. The average Bonchev–Trinajstić information content (AvgIpc) is 3.14. The third-order valence-electron chi connectivity index (χ3n) is 4.54. The Bertz CT molecular complexity index is 1010. The van der Waals surface area contributed by atoms with Crippen molar-refractivity contribution in [3.8, 4) is 0 Å². The van der Waals surface area contributed by atoms with Crippen LogP contribution in [-0.4, -0.2) is 49.8 Å². The maximum Gasteiger partial charge on any atom is 0.293 e. The van der Waals surface area contributed by atoms with Crippen LogP contribution in [0, 0.1) is 0 Å². The van der Waals surface area contributed by atoms with E-state index in [1.807, 2.05) is 24.3 Å². The van der Waals surface area contributed by atoms with Crippen LogP contribution >= 0.6 is 11.6 Å². The molecular formula is C17H17ClN6O2. The molecule has 2 aromatic heterocycles. The quantitative estimate of drug-likeness (QED) is 0.732. The van der Waals surface area contributed by atoms with E-state index < -0.39 is 0 Å². The van der Waals surface area contributed by atoms with Crippen LogP contribution in [0.5, 0.6) is 0 Å². The minimum absolute atomic E-state index is 0.124. The van der Waals surface area contributed by atoms with Gasteiger partial charge in [0.05, 0.1) is 12.2 Å². The lowest BCUT2D eigenvalue weighted by molar-refractivity contribution is -0.135. The summed E-state index contributed by atoms with van der Waals surface area (Å²) in [5.74, 6) is -0.171. The Balaban J connectivity index is 1.62. The summed E-state index contributed by atoms with van der Waals surface area (Å²) in [5, 5.41) is 11.9. The molecule has 1 aliphatic rings. The van der Waals surface area contributed by atoms with Crippen LogP contribution in [0.15, 0.2) is 47.7 Å². The molecule has 4 rings (SSSR count). The summed E-state index contributed by atoms with van der Waals surface area (Å²) in [4.78, 5) is 27.1. The summed E-state index contributed by atoms with van der Waals surface area (Å²) in [6.45, 7) is 1.72. The predicted molar refractivity (Wildman–Crippen MR) is 96.0 cm³/mol. The standard InChI is InChI=1S/C17H17ClN6O2/c18-13-4-2-1-3-12(13)15-9-19-7-8-22(15)16(25)10-23-17(26)14-5-6-20-24(14)11-21-23/h1-6,11,15,19H,7-10H2. The maximum absolute atomic E-state index is 12.9. The average molecular weight is 373 g/mol. The first-order chi connectivity index (χ1) is 12.6. The second kappa shape index (κ2) is 6.89. The van der Waals surface area contributed by atoms with Crippen LogP contribution in [0.2, 0.25) is 5.02 Å². The van der Waals surface area contributed by atoms with Gasteiger partial charge < -0.3 is 10.2 Å². The molecule has 8 nitrogen and oxygen atoms in total. The molecule has 0 radical (unpaired) electrons. The smallest absolute Gasteiger partial charge is 0.293 e. The highest BCUT2D eigenvalue weighted by Gasteiger charge is 2.29. The van der Waals surface area contributed by atoms with Gasteiger partial charge in [0.1, 0.15) is 18.4 Å². The van der Waals surface area contributed by atoms with E-state index in [1.54, 1.807) is 11.0 Å². The topological polar surface area (TPSA) is 84.5 Å². The normalized spacial score (nSPS) is 17.6. The first kappa shape index (κ1) is 16.7. The van der Waals surface area contributed by atoms with Gasteiger partial charge in [0.15, 0.2) is 0 Å². The summed E-state index contributed by atoms with van der Waals surface area (Å²) in [5.41, 5.74) is 0.930. The number of carbonyl (C=O) groups excluding carboxylic acids is 1. The lowest BCUT2D eigenvalue weighted by Crippen LogP contribution is -2.50. The number of amides is 1. The lowest BCUT2D eigenvalue weighted by atomic mass is 10.0. The summed E-state index contributed by atoms with van der Waals surface area (Å²) >= 11 is 6.32. The number of piperazine rings is 1. The second-order valence-electron chi connectivity index (χ2n) is 6.08. The van der Waals surface area contributed by atoms with Gasteiger partial charge in [0.2, 0.25) is 5.91 Å². The number of fused-ring (bicyclic) bond motifs is 1. The largest absolute Gasteiger partial charge is 0.331 e. The van der Waals surface area contributed by atoms with Gasteiger partial charge in [-0.1, -0.05) is 29.8 Å². The van der Waals surface area contributed by atoms with E-state index in [0.29, 0.717) is 30.2 Å². The van der Waals surface area contributed by atoms with Crippen molar-refractivity contribution >= 4 is 23.0 Å². The number of rotatable bonds is 3. The van der Waals surface area contributed by atoms with Gasteiger partial charge in [-0.2, -0.15) is 10.2 Å². The molecule has 0 aliphatic carbocycles. The first-order valence-corrected chi connectivity index (χ1v) is 8.67. The molecule has 1 aliphatic heterocycles. The SMILES string of the molecule is O=C(Cn1ncn2nccc2c1=O)N1CCNCC1c1ccccc1Cl. The fraction of sp³-hybridized carbons (Fsp3) is 0.294. The monoisotopic (exact) mass is 372 g/mol. The number of nitrogens with one attached hydrogen (secondary N) is 1. The Morgan fingerprint density at radius 2 is 2.12 bits per heavy atom. The highest BCUT2D eigenvalue weighted by atomic mass is 35.5. The minimum atomic E-state index is -0.345. The Hall–Kier alpha value is -2.71. The first-order valence-electron chi connectivity index (χ1n) is 8.29. The van der Waals surface area contributed by atoms with Crippen molar-refractivity contribution in [2.24, 2.45) is 0 Å². The second-order valence-corrected chi connectivity index (χ2v) is 6.49. The van der Waals surface area contributed by atoms with Crippen molar-refractivity contribution in [3.63, 3.8) is 0 Å². The van der Waals surface area contributed by atoms with Gasteiger partial charge in [-0.15, -0.1) is 0 Å². The van der Waals surface area contributed by atoms with Crippen LogP contribution in [-0.2, 0) is 11.3 Å². The zero-order valence-corrected chi connectivity index (χ0v) is 14.6. The molecule has 3 heterocycles. The molecule has 1 N–H and O–H groups in total. The number of hydrogen-bond donors (Lipinski definition) is 1. The summed E-state index contributed by atoms with van der Waals surface area (Å²) in [7, 11) is 0. The maximum atomic E-state index is 12.9. The molecule has 0 spiro atoms. The molecule has 9 heteroatoms. The Kier molecular flexibility index (Phi) is 4.44. The molecule has 3 aromatic rings. The summed E-state index contributed by atoms with van der Waals surface area (Å²) < 4.78 is 2.56. The molecule has 26 heavy (non-hydrogen) atoms. The van der Waals surface area contributed by atoms with Crippen molar-refractivity contribution < 1.29 is 4.79 Å².